The molecule has 1 aliphatic heterocycles. The SMILES string of the molecule is CCCCN1CC[C@@H](N(C)C)C1. The van der Waals surface area contributed by atoms with Gasteiger partial charge < -0.3 is 9.80 Å². The molecule has 0 aromatic rings. The van der Waals surface area contributed by atoms with E-state index in [4.69, 9.17) is 0 Å². The molecule has 1 saturated heterocycles. The molecule has 2 heteroatoms. The second kappa shape index (κ2) is 4.83. The molecule has 0 aromatic carbocycles. The quantitative estimate of drug-likeness (QED) is 0.629. The van der Waals surface area contributed by atoms with Crippen molar-refractivity contribution in [3.8, 4) is 0 Å². The largest absolute Gasteiger partial charge is 0.305 e. The first kappa shape index (κ1) is 10.0. The summed E-state index contributed by atoms with van der Waals surface area (Å²) >= 11 is 0. The van der Waals surface area contributed by atoms with Gasteiger partial charge in [-0.15, -0.1) is 0 Å². The Morgan fingerprint density at radius 2 is 2.17 bits per heavy atom. The van der Waals surface area contributed by atoms with Gasteiger partial charge in [-0.1, -0.05) is 13.3 Å². The molecule has 0 amide bonds. The minimum Gasteiger partial charge on any atom is -0.305 e. The fraction of sp³-hybridized carbons (Fsp3) is 1.00. The second-order valence-corrected chi connectivity index (χ2v) is 4.06. The molecule has 0 bridgehead atoms. The molecule has 2 nitrogen and oxygen atoms in total. The van der Waals surface area contributed by atoms with E-state index in [-0.39, 0.29) is 0 Å². The number of likely N-dealkylation sites (N-methyl/N-ethyl adjacent to an activating group) is 1. The Morgan fingerprint density at radius 3 is 2.67 bits per heavy atom. The minimum absolute atomic E-state index is 0.807. The van der Waals surface area contributed by atoms with Crippen molar-refractivity contribution in [3.05, 3.63) is 0 Å². The average Bonchev–Trinajstić information content (AvgIpc) is 2.48. The molecule has 12 heavy (non-hydrogen) atoms. The summed E-state index contributed by atoms with van der Waals surface area (Å²) in [5.41, 5.74) is 0. The number of nitrogens with zero attached hydrogens (tertiary/aromatic N) is 2. The summed E-state index contributed by atoms with van der Waals surface area (Å²) in [4.78, 5) is 4.94. The maximum Gasteiger partial charge on any atom is 0.0229 e. The Hall–Kier alpha value is -0.0800. The third-order valence-corrected chi connectivity index (χ3v) is 2.81. The first-order valence-electron chi connectivity index (χ1n) is 5.12. The fourth-order valence-corrected chi connectivity index (χ4v) is 1.82. The van der Waals surface area contributed by atoms with E-state index in [0.717, 1.165) is 6.04 Å². The molecule has 0 spiro atoms. The van der Waals surface area contributed by atoms with Crippen LogP contribution in [0.4, 0.5) is 0 Å². The number of hydrogen-bond donors (Lipinski definition) is 0. The van der Waals surface area contributed by atoms with E-state index in [1.807, 2.05) is 0 Å². The zero-order valence-corrected chi connectivity index (χ0v) is 8.71. The van der Waals surface area contributed by atoms with E-state index < -0.39 is 0 Å². The number of likely N-dealkylation sites (tertiary alicyclic amines) is 1. The molecule has 0 aliphatic carbocycles. The first-order chi connectivity index (χ1) is 5.74. The Bertz CT molecular complexity index is 123. The number of rotatable bonds is 4. The van der Waals surface area contributed by atoms with E-state index in [9.17, 15) is 0 Å². The van der Waals surface area contributed by atoms with Crippen LogP contribution in [0.25, 0.3) is 0 Å². The molecule has 0 saturated carbocycles. The van der Waals surface area contributed by atoms with Crippen LogP contribution in [0.15, 0.2) is 0 Å². The lowest BCUT2D eigenvalue weighted by Gasteiger charge is -2.20. The second-order valence-electron chi connectivity index (χ2n) is 4.06. The third-order valence-electron chi connectivity index (χ3n) is 2.81. The van der Waals surface area contributed by atoms with E-state index in [2.05, 4.69) is 30.8 Å². The topological polar surface area (TPSA) is 6.48 Å². The van der Waals surface area contributed by atoms with Gasteiger partial charge in [-0.25, -0.2) is 0 Å². The van der Waals surface area contributed by atoms with Crippen molar-refractivity contribution in [2.45, 2.75) is 32.2 Å². The maximum absolute atomic E-state index is 2.59. The molecule has 0 radical (unpaired) electrons. The molecular weight excluding hydrogens is 148 g/mol. The third kappa shape index (κ3) is 2.76. The van der Waals surface area contributed by atoms with Crippen LogP contribution in [0.3, 0.4) is 0 Å². The van der Waals surface area contributed by atoms with Gasteiger partial charge in [0.15, 0.2) is 0 Å². The lowest BCUT2D eigenvalue weighted by atomic mass is 10.2. The first-order valence-corrected chi connectivity index (χ1v) is 5.12. The number of hydrogen-bond acceptors (Lipinski definition) is 2. The van der Waals surface area contributed by atoms with E-state index in [0.29, 0.717) is 0 Å². The Morgan fingerprint density at radius 1 is 1.42 bits per heavy atom. The van der Waals surface area contributed by atoms with E-state index in [1.165, 1.54) is 38.9 Å². The predicted octanol–water partition coefficient (Wildman–Crippen LogP) is 1.42. The van der Waals surface area contributed by atoms with Crippen LogP contribution in [0, 0.1) is 0 Å². The molecular formula is C10H22N2. The fourth-order valence-electron chi connectivity index (χ4n) is 1.82. The minimum atomic E-state index is 0.807. The van der Waals surface area contributed by atoms with Crippen LogP contribution in [0.5, 0.6) is 0 Å². The van der Waals surface area contributed by atoms with E-state index >= 15 is 0 Å². The van der Waals surface area contributed by atoms with Gasteiger partial charge in [-0.2, -0.15) is 0 Å². The van der Waals surface area contributed by atoms with Crippen LogP contribution in [0.1, 0.15) is 26.2 Å². The molecule has 1 rings (SSSR count). The highest BCUT2D eigenvalue weighted by atomic mass is 15.2. The van der Waals surface area contributed by atoms with Gasteiger partial charge in [0.1, 0.15) is 0 Å². The monoisotopic (exact) mass is 170 g/mol. The van der Waals surface area contributed by atoms with Crippen molar-refractivity contribution in [1.29, 1.82) is 0 Å². The van der Waals surface area contributed by atoms with Crippen LogP contribution in [-0.4, -0.2) is 49.6 Å². The lowest BCUT2D eigenvalue weighted by molar-refractivity contribution is 0.267. The summed E-state index contributed by atoms with van der Waals surface area (Å²) in [7, 11) is 4.38. The summed E-state index contributed by atoms with van der Waals surface area (Å²) in [6.45, 7) is 6.16. The van der Waals surface area contributed by atoms with Gasteiger partial charge in [0.25, 0.3) is 0 Å². The Labute approximate surface area is 76.5 Å². The van der Waals surface area contributed by atoms with Gasteiger partial charge >= 0.3 is 0 Å². The maximum atomic E-state index is 2.59. The smallest absolute Gasteiger partial charge is 0.0229 e. The molecule has 72 valence electrons. The Balaban J connectivity index is 2.17. The molecule has 0 unspecified atom stereocenters. The zero-order valence-electron chi connectivity index (χ0n) is 8.71. The van der Waals surface area contributed by atoms with Crippen molar-refractivity contribution >= 4 is 0 Å². The summed E-state index contributed by atoms with van der Waals surface area (Å²) in [5.74, 6) is 0. The summed E-state index contributed by atoms with van der Waals surface area (Å²) < 4.78 is 0. The van der Waals surface area contributed by atoms with Crippen LogP contribution >= 0.6 is 0 Å². The summed E-state index contributed by atoms with van der Waals surface area (Å²) in [5, 5.41) is 0. The highest BCUT2D eigenvalue weighted by molar-refractivity contribution is 4.80. The normalized spacial score (nSPS) is 25.5. The van der Waals surface area contributed by atoms with Gasteiger partial charge in [0.05, 0.1) is 0 Å². The lowest BCUT2D eigenvalue weighted by Crippen LogP contribution is -2.31. The summed E-state index contributed by atoms with van der Waals surface area (Å²) in [6, 6.07) is 0.807. The van der Waals surface area contributed by atoms with Crippen LogP contribution in [0.2, 0.25) is 0 Å². The summed E-state index contributed by atoms with van der Waals surface area (Å²) in [6.07, 6.45) is 4.04. The number of unbranched alkanes of at least 4 members (excludes halogenated alkanes) is 1. The zero-order chi connectivity index (χ0) is 8.97. The van der Waals surface area contributed by atoms with Crippen LogP contribution < -0.4 is 0 Å². The van der Waals surface area contributed by atoms with E-state index in [1.54, 1.807) is 0 Å². The average molecular weight is 170 g/mol. The van der Waals surface area contributed by atoms with Crippen molar-refractivity contribution in [1.82, 2.24) is 9.80 Å². The molecule has 1 fully saturated rings. The van der Waals surface area contributed by atoms with Crippen LogP contribution in [-0.2, 0) is 0 Å². The van der Waals surface area contributed by atoms with Gasteiger partial charge in [0.2, 0.25) is 0 Å². The highest BCUT2D eigenvalue weighted by Crippen LogP contribution is 2.13. The Kier molecular flexibility index (Phi) is 4.02. The van der Waals surface area contributed by atoms with Gasteiger partial charge in [-0.05, 0) is 40.0 Å². The van der Waals surface area contributed by atoms with Gasteiger partial charge in [-0.3, -0.25) is 0 Å². The van der Waals surface area contributed by atoms with Crippen molar-refractivity contribution in [2.75, 3.05) is 33.7 Å². The van der Waals surface area contributed by atoms with Crippen molar-refractivity contribution in [3.63, 3.8) is 0 Å². The standard InChI is InChI=1S/C10H22N2/c1-4-5-7-12-8-6-10(9-12)11(2)3/h10H,4-9H2,1-3H3/t10-/m1/s1. The molecule has 0 N–H and O–H groups in total. The predicted molar refractivity (Wildman–Crippen MR) is 53.4 cm³/mol. The molecule has 0 aromatic heterocycles. The van der Waals surface area contributed by atoms with Crippen molar-refractivity contribution in [2.24, 2.45) is 0 Å². The highest BCUT2D eigenvalue weighted by Gasteiger charge is 2.22. The molecule has 1 heterocycles. The molecule has 1 aliphatic rings. The molecule has 1 atom stereocenters. The van der Waals surface area contributed by atoms with Gasteiger partial charge in [0, 0.05) is 12.6 Å². The van der Waals surface area contributed by atoms with Crippen molar-refractivity contribution < 1.29 is 0 Å².